The zero-order valence-corrected chi connectivity index (χ0v) is 12.2. The van der Waals surface area contributed by atoms with E-state index in [2.05, 4.69) is 21.2 Å². The van der Waals surface area contributed by atoms with Gasteiger partial charge in [0.15, 0.2) is 0 Å². The van der Waals surface area contributed by atoms with E-state index in [4.69, 9.17) is 10.4 Å². The number of nitrogens with zero attached hydrogens (tertiary/aromatic N) is 1. The summed E-state index contributed by atoms with van der Waals surface area (Å²) in [4.78, 5) is 23.3. The van der Waals surface area contributed by atoms with Gasteiger partial charge in [0, 0.05) is 4.47 Å². The number of carbonyl (C=O) groups excluding carboxylic acids is 1. The van der Waals surface area contributed by atoms with E-state index < -0.39 is 17.8 Å². The Labute approximate surface area is 124 Å². The van der Waals surface area contributed by atoms with E-state index in [9.17, 15) is 9.59 Å². The molecule has 0 radical (unpaired) electrons. The van der Waals surface area contributed by atoms with E-state index in [-0.39, 0.29) is 5.91 Å². The number of nitriles is 1. The summed E-state index contributed by atoms with van der Waals surface area (Å²) in [6, 6.07) is 6.85. The summed E-state index contributed by atoms with van der Waals surface area (Å²) >= 11 is 3.29. The summed E-state index contributed by atoms with van der Waals surface area (Å²) in [5, 5.41) is 20.6. The maximum absolute atomic E-state index is 12.2. The minimum atomic E-state index is -0.915. The van der Waals surface area contributed by atoms with E-state index in [1.165, 1.54) is 0 Å². The summed E-state index contributed by atoms with van der Waals surface area (Å²) in [6.07, 6.45) is 1.89. The third kappa shape index (κ3) is 2.99. The van der Waals surface area contributed by atoms with Crippen LogP contribution in [-0.2, 0) is 9.59 Å². The van der Waals surface area contributed by atoms with Gasteiger partial charge in [-0.05, 0) is 47.0 Å². The van der Waals surface area contributed by atoms with Gasteiger partial charge >= 0.3 is 5.97 Å². The number of aliphatic carboxylic acids is 1. The van der Waals surface area contributed by atoms with E-state index in [1.54, 1.807) is 18.2 Å². The Morgan fingerprint density at radius 1 is 1.35 bits per heavy atom. The Kier molecular flexibility index (Phi) is 4.40. The lowest BCUT2D eigenvalue weighted by Crippen LogP contribution is -2.30. The van der Waals surface area contributed by atoms with Gasteiger partial charge in [-0.1, -0.05) is 6.42 Å². The SMILES string of the molecule is N#Cc1ccc(NC(=O)C2CCCC2C(=O)O)c(Br)c1. The number of carboxylic acid groups (broad SMARTS) is 1. The first-order chi connectivity index (χ1) is 9.52. The van der Waals surface area contributed by atoms with Crippen molar-refractivity contribution in [3.8, 4) is 6.07 Å². The average Bonchev–Trinajstić information content (AvgIpc) is 2.90. The molecule has 1 amide bonds. The molecule has 0 aromatic heterocycles. The third-order valence-electron chi connectivity index (χ3n) is 3.53. The van der Waals surface area contributed by atoms with E-state index in [0.29, 0.717) is 28.6 Å². The number of halogens is 1. The predicted octanol–water partition coefficient (Wildman–Crippen LogP) is 2.76. The van der Waals surface area contributed by atoms with Crippen LogP contribution >= 0.6 is 15.9 Å². The molecule has 2 unspecified atom stereocenters. The maximum Gasteiger partial charge on any atom is 0.307 e. The number of hydrogen-bond acceptors (Lipinski definition) is 3. The van der Waals surface area contributed by atoms with Crippen LogP contribution in [0.5, 0.6) is 0 Å². The van der Waals surface area contributed by atoms with Crippen LogP contribution < -0.4 is 5.32 Å². The summed E-state index contributed by atoms with van der Waals surface area (Å²) in [5.74, 6) is -2.29. The summed E-state index contributed by atoms with van der Waals surface area (Å²) in [6.45, 7) is 0. The monoisotopic (exact) mass is 336 g/mol. The van der Waals surface area contributed by atoms with Crippen molar-refractivity contribution >= 4 is 33.5 Å². The van der Waals surface area contributed by atoms with Crippen LogP contribution in [0.3, 0.4) is 0 Å². The number of amides is 1. The highest BCUT2D eigenvalue weighted by Crippen LogP contribution is 2.33. The van der Waals surface area contributed by atoms with Crippen molar-refractivity contribution < 1.29 is 14.7 Å². The summed E-state index contributed by atoms with van der Waals surface area (Å²) < 4.78 is 0.606. The second-order valence-corrected chi connectivity index (χ2v) is 5.63. The fourth-order valence-corrected chi connectivity index (χ4v) is 2.96. The molecule has 1 aliphatic rings. The van der Waals surface area contributed by atoms with Crippen molar-refractivity contribution in [2.24, 2.45) is 11.8 Å². The first-order valence-corrected chi connectivity index (χ1v) is 7.05. The highest BCUT2D eigenvalue weighted by molar-refractivity contribution is 9.10. The molecular weight excluding hydrogens is 324 g/mol. The van der Waals surface area contributed by atoms with E-state index in [0.717, 1.165) is 6.42 Å². The molecule has 1 saturated carbocycles. The molecule has 0 saturated heterocycles. The van der Waals surface area contributed by atoms with Crippen LogP contribution in [0, 0.1) is 23.2 Å². The molecule has 6 heteroatoms. The Hall–Kier alpha value is -1.87. The Bertz CT molecular complexity index is 595. The first kappa shape index (κ1) is 14.5. The number of carboxylic acids is 1. The molecule has 104 valence electrons. The lowest BCUT2D eigenvalue weighted by molar-refractivity contribution is -0.145. The van der Waals surface area contributed by atoms with Crippen LogP contribution in [0.15, 0.2) is 22.7 Å². The molecule has 0 aliphatic heterocycles. The molecule has 1 fully saturated rings. The van der Waals surface area contributed by atoms with Crippen LogP contribution in [0.2, 0.25) is 0 Å². The van der Waals surface area contributed by atoms with Gasteiger partial charge < -0.3 is 10.4 Å². The van der Waals surface area contributed by atoms with Gasteiger partial charge in [-0.2, -0.15) is 5.26 Å². The molecule has 2 rings (SSSR count). The lowest BCUT2D eigenvalue weighted by Gasteiger charge is -2.16. The fraction of sp³-hybridized carbons (Fsp3) is 0.357. The Balaban J connectivity index is 2.12. The van der Waals surface area contributed by atoms with Gasteiger partial charge in [0.05, 0.1) is 29.2 Å². The topological polar surface area (TPSA) is 90.2 Å². The first-order valence-electron chi connectivity index (χ1n) is 6.26. The smallest absolute Gasteiger partial charge is 0.307 e. The minimum absolute atomic E-state index is 0.277. The molecule has 2 N–H and O–H groups in total. The molecule has 2 atom stereocenters. The van der Waals surface area contributed by atoms with Gasteiger partial charge in [-0.25, -0.2) is 0 Å². The van der Waals surface area contributed by atoms with Gasteiger partial charge in [-0.15, -0.1) is 0 Å². The zero-order valence-electron chi connectivity index (χ0n) is 10.6. The molecular formula is C14H13BrN2O3. The molecule has 1 aromatic carbocycles. The number of rotatable bonds is 3. The number of anilines is 1. The van der Waals surface area contributed by atoms with Crippen molar-refractivity contribution in [3.05, 3.63) is 28.2 Å². The third-order valence-corrected chi connectivity index (χ3v) is 4.18. The molecule has 1 aromatic rings. The fourth-order valence-electron chi connectivity index (χ4n) is 2.48. The Morgan fingerprint density at radius 2 is 2.05 bits per heavy atom. The number of benzene rings is 1. The summed E-state index contributed by atoms with van der Waals surface area (Å²) in [7, 11) is 0. The van der Waals surface area contributed by atoms with E-state index in [1.807, 2.05) is 6.07 Å². The predicted molar refractivity (Wildman–Crippen MR) is 76.0 cm³/mol. The lowest BCUT2D eigenvalue weighted by atomic mass is 9.95. The van der Waals surface area contributed by atoms with Crippen LogP contribution in [0.25, 0.3) is 0 Å². The van der Waals surface area contributed by atoms with Crippen LogP contribution in [0.4, 0.5) is 5.69 Å². The highest BCUT2D eigenvalue weighted by atomic mass is 79.9. The Morgan fingerprint density at radius 3 is 2.65 bits per heavy atom. The van der Waals surface area contributed by atoms with Gasteiger partial charge in [0.1, 0.15) is 0 Å². The highest BCUT2D eigenvalue weighted by Gasteiger charge is 2.37. The summed E-state index contributed by atoms with van der Waals surface area (Å²) in [5.41, 5.74) is 1.03. The molecule has 1 aliphatic carbocycles. The van der Waals surface area contributed by atoms with E-state index >= 15 is 0 Å². The van der Waals surface area contributed by atoms with Gasteiger partial charge in [0.25, 0.3) is 0 Å². The van der Waals surface area contributed by atoms with Crippen molar-refractivity contribution in [1.29, 1.82) is 5.26 Å². The van der Waals surface area contributed by atoms with Gasteiger partial charge in [-0.3, -0.25) is 9.59 Å². The minimum Gasteiger partial charge on any atom is -0.481 e. The zero-order chi connectivity index (χ0) is 14.7. The molecule has 20 heavy (non-hydrogen) atoms. The normalized spacial score (nSPS) is 21.2. The molecule has 0 heterocycles. The average molecular weight is 337 g/mol. The number of nitrogens with one attached hydrogen (secondary N) is 1. The number of carbonyl (C=O) groups is 2. The molecule has 5 nitrogen and oxygen atoms in total. The van der Waals surface area contributed by atoms with Gasteiger partial charge in [0.2, 0.25) is 5.91 Å². The van der Waals surface area contributed by atoms with Crippen molar-refractivity contribution in [3.63, 3.8) is 0 Å². The second-order valence-electron chi connectivity index (χ2n) is 4.78. The van der Waals surface area contributed by atoms with Crippen molar-refractivity contribution in [1.82, 2.24) is 0 Å². The van der Waals surface area contributed by atoms with Crippen molar-refractivity contribution in [2.75, 3.05) is 5.32 Å². The molecule has 0 bridgehead atoms. The van der Waals surface area contributed by atoms with Crippen molar-refractivity contribution in [2.45, 2.75) is 19.3 Å². The van der Waals surface area contributed by atoms with Crippen LogP contribution in [-0.4, -0.2) is 17.0 Å². The maximum atomic E-state index is 12.2. The number of hydrogen-bond donors (Lipinski definition) is 2. The van der Waals surface area contributed by atoms with Crippen LogP contribution in [0.1, 0.15) is 24.8 Å². The second kappa shape index (κ2) is 6.06. The molecule has 0 spiro atoms. The quantitative estimate of drug-likeness (QED) is 0.887. The largest absolute Gasteiger partial charge is 0.481 e. The standard InChI is InChI=1S/C14H13BrN2O3/c15-11-6-8(7-16)4-5-12(11)17-13(18)9-2-1-3-10(9)14(19)20/h4-6,9-10H,1-3H2,(H,17,18)(H,19,20).